The number of thiocarbonyl (C=S) groups is 1. The van der Waals surface area contributed by atoms with Crippen LogP contribution in [0.5, 0.6) is 5.75 Å². The molecule has 294 valence electrons. The number of carbonyl (C=O) groups is 1. The first kappa shape index (κ1) is 41.1. The second-order valence-corrected chi connectivity index (χ2v) is 14.6. The summed E-state index contributed by atoms with van der Waals surface area (Å²) in [4.78, 5) is 39.2. The van der Waals surface area contributed by atoms with Gasteiger partial charge in [-0.2, -0.15) is 0 Å². The van der Waals surface area contributed by atoms with E-state index < -0.39 is 55.9 Å². The number of anilines is 1. The monoisotopic (exact) mass is 801 g/mol. The molecule has 0 aromatic heterocycles. The Morgan fingerprint density at radius 3 is 2.53 bits per heavy atom. The number of phenolic OH excluding ortho intramolecular Hbond substituents is 1. The van der Waals surface area contributed by atoms with E-state index in [9.17, 15) is 44.6 Å². The number of aliphatic hydroxyl groups excluding tert-OH is 3. The van der Waals surface area contributed by atoms with Gasteiger partial charge >= 0.3 is 13.6 Å². The molecule has 0 radical (unpaired) electrons. The number of nitrogens with zero attached hydrogens (tertiary/aromatic N) is 1. The summed E-state index contributed by atoms with van der Waals surface area (Å²) >= 11 is 5.36. The third-order valence-electron chi connectivity index (χ3n) is 8.60. The Hall–Kier alpha value is -5.11. The van der Waals surface area contributed by atoms with E-state index in [1.165, 1.54) is 36.4 Å². The fourth-order valence-electron chi connectivity index (χ4n) is 5.94. The van der Waals surface area contributed by atoms with Crippen LogP contribution in [-0.4, -0.2) is 105 Å². The first-order valence-electron chi connectivity index (χ1n) is 16.7. The van der Waals surface area contributed by atoms with E-state index in [0.29, 0.717) is 27.8 Å². The maximum absolute atomic E-state index is 13.1. The number of guanidine groups is 1. The second kappa shape index (κ2) is 17.6. The van der Waals surface area contributed by atoms with Crippen molar-refractivity contribution in [1.29, 1.82) is 0 Å². The fourth-order valence-corrected chi connectivity index (χ4v) is 7.20. The second-order valence-electron chi connectivity index (χ2n) is 12.5. The van der Waals surface area contributed by atoms with Crippen LogP contribution in [0.4, 0.5) is 5.69 Å². The van der Waals surface area contributed by atoms with Crippen LogP contribution >= 0.6 is 19.8 Å². The van der Waals surface area contributed by atoms with Crippen LogP contribution in [0.3, 0.4) is 0 Å². The number of fused-ring (bicyclic) bond motifs is 2. The van der Waals surface area contributed by atoms with Gasteiger partial charge in [-0.05, 0) is 60.3 Å². The summed E-state index contributed by atoms with van der Waals surface area (Å²) in [6.45, 7) is 0.584. The molecule has 1 unspecified atom stereocenters. The number of carboxylic acid groups (broad SMARTS) is 1. The molecule has 2 aromatic carbocycles. The standard InChI is InChI=1S/C35H40N5O13PS/c1-17-25(40-34(36)37)15-29(53-32(17)31(45)26(44)16-41)54(48,49)51-11-10-50-9-8-38-35(55)39-18-2-5-21(24(12-18)33(46)47)30-22-6-3-19(42)13-27(22)52-28-14-20(43)4-7-23(28)30/h2-7,12-15,17,25-26,31-32,41-42,44-45H,8-11,16H2,1H3,(H,46,47)(H,48,49)(H4,36,37,40)(H2,38,39,55)/t17-,25+,26-,31-,32-/m1/s1. The van der Waals surface area contributed by atoms with Gasteiger partial charge in [-0.15, -0.1) is 0 Å². The van der Waals surface area contributed by atoms with Crippen LogP contribution in [0, 0.1) is 5.92 Å². The molecule has 0 amide bonds. The van der Waals surface area contributed by atoms with Crippen molar-refractivity contribution in [2.24, 2.45) is 22.4 Å². The zero-order valence-electron chi connectivity index (χ0n) is 29.2. The molecule has 0 saturated carbocycles. The van der Waals surface area contributed by atoms with Crippen molar-refractivity contribution < 1.29 is 58.2 Å². The van der Waals surface area contributed by atoms with Gasteiger partial charge in [0.1, 0.15) is 35.4 Å². The largest absolute Gasteiger partial charge is 0.508 e. The summed E-state index contributed by atoms with van der Waals surface area (Å²) in [5.74, 6) is -2.08. The Labute approximate surface area is 318 Å². The van der Waals surface area contributed by atoms with Crippen LogP contribution < -0.4 is 27.5 Å². The summed E-state index contributed by atoms with van der Waals surface area (Å²) in [6.07, 6.45) is -3.33. The summed E-state index contributed by atoms with van der Waals surface area (Å²) in [5.41, 5.74) is 12.0. The summed E-state index contributed by atoms with van der Waals surface area (Å²) in [5, 5.41) is 56.4. The van der Waals surface area contributed by atoms with E-state index >= 15 is 0 Å². The molecular formula is C35H40N5O13PS. The van der Waals surface area contributed by atoms with Gasteiger partial charge in [0.05, 0.1) is 38.0 Å². The lowest BCUT2D eigenvalue weighted by Crippen LogP contribution is -2.49. The van der Waals surface area contributed by atoms with Crippen LogP contribution in [-0.2, 0) is 18.6 Å². The average molecular weight is 802 g/mol. The van der Waals surface area contributed by atoms with Gasteiger partial charge in [0.15, 0.2) is 16.5 Å². The zero-order valence-corrected chi connectivity index (χ0v) is 30.9. The Bertz CT molecular complexity index is 2190. The number of ether oxygens (including phenoxy) is 2. The lowest BCUT2D eigenvalue weighted by atomic mass is 9.89. The maximum Gasteiger partial charge on any atom is 0.392 e. The van der Waals surface area contributed by atoms with E-state index in [2.05, 4.69) is 15.6 Å². The number of aromatic carboxylic acids is 1. The molecule has 5 rings (SSSR count). The van der Waals surface area contributed by atoms with Crippen LogP contribution in [0.15, 0.2) is 80.4 Å². The number of hydrogen-bond acceptors (Lipinski definition) is 13. The third-order valence-corrected chi connectivity index (χ3v) is 10.2. The minimum absolute atomic E-state index is 0.0695. The molecule has 0 fully saturated rings. The number of carboxylic acids is 1. The lowest BCUT2D eigenvalue weighted by molar-refractivity contribution is -0.106. The molecule has 6 atom stereocenters. The van der Waals surface area contributed by atoms with Crippen molar-refractivity contribution in [1.82, 2.24) is 5.32 Å². The smallest absolute Gasteiger partial charge is 0.392 e. The highest BCUT2D eigenvalue weighted by Gasteiger charge is 2.44. The molecule has 3 aliphatic rings. The number of nitrogens with one attached hydrogen (secondary N) is 2. The minimum atomic E-state index is -4.63. The topological polar surface area (TPSA) is 302 Å². The number of phenols is 1. The first-order chi connectivity index (χ1) is 26.1. The van der Waals surface area contributed by atoms with Crippen LogP contribution in [0.25, 0.3) is 33.4 Å². The van der Waals surface area contributed by atoms with Crippen molar-refractivity contribution in [3.63, 3.8) is 0 Å². The Morgan fingerprint density at radius 2 is 1.82 bits per heavy atom. The number of aliphatic hydroxyl groups is 3. The van der Waals surface area contributed by atoms with Gasteiger partial charge in [0.25, 0.3) is 0 Å². The van der Waals surface area contributed by atoms with E-state index in [4.69, 9.17) is 42.1 Å². The SMILES string of the molecule is C[C@H]1[C@H]([C@H](O)[C@H](O)CO)OC(P(=O)(O)OCCOCCNC(=S)Nc2ccc(-c3c4ccc(=O)cc-4oc4cc(O)ccc34)c(C(=O)O)c2)=C[C@@H]1N=C(N)N. The Kier molecular flexibility index (Phi) is 13.1. The highest BCUT2D eigenvalue weighted by Crippen LogP contribution is 2.54. The molecule has 55 heavy (non-hydrogen) atoms. The molecule has 0 saturated heterocycles. The molecule has 0 spiro atoms. The van der Waals surface area contributed by atoms with E-state index in [1.54, 1.807) is 31.2 Å². The van der Waals surface area contributed by atoms with Crippen molar-refractivity contribution in [2.45, 2.75) is 31.3 Å². The molecule has 2 aromatic rings. The highest BCUT2D eigenvalue weighted by atomic mass is 32.1. The number of rotatable bonds is 15. The number of aromatic hydroxyl groups is 1. The van der Waals surface area contributed by atoms with Gasteiger partial charge in [-0.25, -0.2) is 9.79 Å². The minimum Gasteiger partial charge on any atom is -0.508 e. The molecule has 20 heteroatoms. The summed E-state index contributed by atoms with van der Waals surface area (Å²) in [6, 6.07) is 12.3. The summed E-state index contributed by atoms with van der Waals surface area (Å²) in [7, 11) is -4.63. The normalized spacial score (nSPS) is 19.1. The number of benzene rings is 3. The van der Waals surface area contributed by atoms with E-state index in [0.717, 1.165) is 0 Å². The quantitative estimate of drug-likeness (QED) is 0.0204. The summed E-state index contributed by atoms with van der Waals surface area (Å²) < 4.78 is 35.1. The van der Waals surface area contributed by atoms with Crippen molar-refractivity contribution >= 4 is 53.5 Å². The van der Waals surface area contributed by atoms with E-state index in [1.807, 2.05) is 0 Å². The predicted molar refractivity (Wildman–Crippen MR) is 205 cm³/mol. The van der Waals surface area contributed by atoms with Crippen LogP contribution in [0.1, 0.15) is 17.3 Å². The molecule has 18 nitrogen and oxygen atoms in total. The predicted octanol–water partition coefficient (Wildman–Crippen LogP) is 1.71. The Balaban J connectivity index is 1.16. The molecule has 12 N–H and O–H groups in total. The molecule has 0 bridgehead atoms. The van der Waals surface area contributed by atoms with Gasteiger partial charge < -0.3 is 70.9 Å². The first-order valence-corrected chi connectivity index (χ1v) is 18.7. The highest BCUT2D eigenvalue weighted by molar-refractivity contribution is 7.80. The van der Waals surface area contributed by atoms with E-state index in [-0.39, 0.29) is 65.5 Å². The lowest BCUT2D eigenvalue weighted by Gasteiger charge is -2.38. The van der Waals surface area contributed by atoms with Gasteiger partial charge in [-0.1, -0.05) is 13.0 Å². The Morgan fingerprint density at radius 1 is 1.07 bits per heavy atom. The van der Waals surface area contributed by atoms with Crippen LogP contribution in [0.2, 0.25) is 0 Å². The number of nitrogens with two attached hydrogens (primary N) is 2. The molecule has 2 aliphatic heterocycles. The number of aliphatic imine (C=N–C) groups is 1. The number of hydrogen-bond donors (Lipinski definition) is 10. The van der Waals surface area contributed by atoms with Gasteiger partial charge in [0.2, 0.25) is 5.50 Å². The maximum atomic E-state index is 13.1. The van der Waals surface area contributed by atoms with Crippen molar-refractivity contribution in [3.8, 4) is 28.2 Å². The average Bonchev–Trinajstić information content (AvgIpc) is 3.13. The molecule has 2 heterocycles. The van der Waals surface area contributed by atoms with Crippen molar-refractivity contribution in [3.05, 3.63) is 82.0 Å². The van der Waals surface area contributed by atoms with Crippen molar-refractivity contribution in [2.75, 3.05) is 38.3 Å². The molecule has 1 aliphatic carbocycles. The van der Waals surface area contributed by atoms with Gasteiger partial charge in [0, 0.05) is 46.8 Å². The zero-order chi connectivity index (χ0) is 40.0. The molecular weight excluding hydrogens is 761 g/mol. The van der Waals surface area contributed by atoms with Gasteiger partial charge in [-0.3, -0.25) is 9.36 Å². The third kappa shape index (κ3) is 9.77. The fraction of sp³-hybridized carbons (Fsp3) is 0.314.